The van der Waals surface area contributed by atoms with Gasteiger partial charge in [0.25, 0.3) is 0 Å². The lowest BCUT2D eigenvalue weighted by molar-refractivity contribution is 0.0153. The summed E-state index contributed by atoms with van der Waals surface area (Å²) >= 11 is 0. The smallest absolute Gasteiger partial charge is 0.0670 e. The summed E-state index contributed by atoms with van der Waals surface area (Å²) < 4.78 is 0. The highest BCUT2D eigenvalue weighted by Crippen LogP contribution is 2.23. The lowest BCUT2D eigenvalue weighted by atomic mass is 9.91. The molecule has 0 aromatic rings. The summed E-state index contributed by atoms with van der Waals surface area (Å²) in [5.74, 6) is 0.533. The molecule has 0 radical (unpaired) electrons. The van der Waals surface area contributed by atoms with Crippen LogP contribution in [0.2, 0.25) is 0 Å². The first-order valence-electron chi connectivity index (χ1n) is 6.33. The van der Waals surface area contributed by atoms with Gasteiger partial charge in [0.05, 0.1) is 12.7 Å². The second-order valence-electron chi connectivity index (χ2n) is 4.88. The van der Waals surface area contributed by atoms with Gasteiger partial charge in [-0.05, 0) is 38.1 Å². The standard InChI is InChI=1S/C13H25NO2/c1-3-4-7-12(16)9-14-8-5-6-11(2)13(14)10-15/h3,11-13,15-16H,1,4-10H2,2H3. The minimum absolute atomic E-state index is 0.204. The van der Waals surface area contributed by atoms with Gasteiger partial charge >= 0.3 is 0 Å². The van der Waals surface area contributed by atoms with Crippen LogP contribution >= 0.6 is 0 Å². The minimum atomic E-state index is -0.294. The SMILES string of the molecule is C=CCCC(O)CN1CCCC(C)C1CO. The third kappa shape index (κ3) is 3.89. The lowest BCUT2D eigenvalue weighted by Gasteiger charge is -2.39. The molecule has 94 valence electrons. The Bertz CT molecular complexity index is 208. The van der Waals surface area contributed by atoms with E-state index >= 15 is 0 Å². The molecule has 1 rings (SSSR count). The van der Waals surface area contributed by atoms with E-state index in [9.17, 15) is 10.2 Å². The third-order valence-corrected chi connectivity index (χ3v) is 3.57. The van der Waals surface area contributed by atoms with E-state index in [0.717, 1.165) is 19.4 Å². The minimum Gasteiger partial charge on any atom is -0.395 e. The summed E-state index contributed by atoms with van der Waals surface area (Å²) in [4.78, 5) is 2.24. The molecule has 3 atom stereocenters. The van der Waals surface area contributed by atoms with Crippen LogP contribution in [-0.2, 0) is 0 Å². The summed E-state index contributed by atoms with van der Waals surface area (Å²) in [6, 6.07) is 0.229. The number of likely N-dealkylation sites (tertiary alicyclic amines) is 1. The number of hydrogen-bond acceptors (Lipinski definition) is 3. The number of rotatable bonds is 6. The van der Waals surface area contributed by atoms with Crippen molar-refractivity contribution in [2.24, 2.45) is 5.92 Å². The van der Waals surface area contributed by atoms with Crippen LogP contribution in [0, 0.1) is 5.92 Å². The van der Waals surface area contributed by atoms with E-state index in [0.29, 0.717) is 12.5 Å². The number of allylic oxidation sites excluding steroid dienone is 1. The topological polar surface area (TPSA) is 43.7 Å². The Morgan fingerprint density at radius 3 is 2.94 bits per heavy atom. The fourth-order valence-corrected chi connectivity index (χ4v) is 2.53. The second-order valence-corrected chi connectivity index (χ2v) is 4.88. The van der Waals surface area contributed by atoms with Crippen molar-refractivity contribution in [2.45, 2.75) is 44.8 Å². The van der Waals surface area contributed by atoms with E-state index in [-0.39, 0.29) is 18.8 Å². The van der Waals surface area contributed by atoms with Crippen LogP contribution in [-0.4, -0.2) is 47.0 Å². The highest BCUT2D eigenvalue weighted by atomic mass is 16.3. The van der Waals surface area contributed by atoms with Crippen LogP contribution in [0.15, 0.2) is 12.7 Å². The maximum absolute atomic E-state index is 9.86. The molecule has 1 aliphatic heterocycles. The summed E-state index contributed by atoms with van der Waals surface area (Å²) in [6.45, 7) is 7.73. The summed E-state index contributed by atoms with van der Waals surface area (Å²) in [5, 5.41) is 19.2. The molecule has 1 heterocycles. The van der Waals surface area contributed by atoms with Crippen molar-refractivity contribution in [1.29, 1.82) is 0 Å². The fourth-order valence-electron chi connectivity index (χ4n) is 2.53. The van der Waals surface area contributed by atoms with E-state index in [1.54, 1.807) is 0 Å². The van der Waals surface area contributed by atoms with Crippen LogP contribution in [0.4, 0.5) is 0 Å². The molecule has 1 saturated heterocycles. The van der Waals surface area contributed by atoms with Crippen LogP contribution in [0.1, 0.15) is 32.6 Å². The second kappa shape index (κ2) is 7.05. The maximum Gasteiger partial charge on any atom is 0.0670 e. The van der Waals surface area contributed by atoms with E-state index in [2.05, 4.69) is 18.4 Å². The first-order valence-corrected chi connectivity index (χ1v) is 6.33. The van der Waals surface area contributed by atoms with Gasteiger partial charge in [-0.2, -0.15) is 0 Å². The quantitative estimate of drug-likeness (QED) is 0.674. The number of aliphatic hydroxyl groups is 2. The van der Waals surface area contributed by atoms with Gasteiger partial charge in [0, 0.05) is 12.6 Å². The zero-order valence-electron chi connectivity index (χ0n) is 10.3. The predicted octanol–water partition coefficient (Wildman–Crippen LogP) is 1.41. The molecule has 2 N–H and O–H groups in total. The number of hydrogen-bond donors (Lipinski definition) is 2. The van der Waals surface area contributed by atoms with Gasteiger partial charge in [0.2, 0.25) is 0 Å². The van der Waals surface area contributed by atoms with Crippen LogP contribution < -0.4 is 0 Å². The van der Waals surface area contributed by atoms with Crippen molar-refractivity contribution in [3.8, 4) is 0 Å². The van der Waals surface area contributed by atoms with E-state index in [1.807, 2.05) is 6.08 Å². The number of β-amino-alcohol motifs (C(OH)–C–C–N with tert-alkyl or cyclic N) is 1. The summed E-state index contributed by atoms with van der Waals surface area (Å²) in [7, 11) is 0. The monoisotopic (exact) mass is 227 g/mol. The molecule has 0 spiro atoms. The van der Waals surface area contributed by atoms with Gasteiger partial charge in [-0.1, -0.05) is 13.0 Å². The molecule has 0 amide bonds. The average molecular weight is 227 g/mol. The molecule has 3 nitrogen and oxygen atoms in total. The average Bonchev–Trinajstić information content (AvgIpc) is 2.27. The Morgan fingerprint density at radius 1 is 1.56 bits per heavy atom. The van der Waals surface area contributed by atoms with Gasteiger partial charge in [-0.3, -0.25) is 4.90 Å². The van der Waals surface area contributed by atoms with E-state index < -0.39 is 0 Å². The molecule has 1 aliphatic rings. The summed E-state index contributed by atoms with van der Waals surface area (Å²) in [5.41, 5.74) is 0. The van der Waals surface area contributed by atoms with Crippen LogP contribution in [0.25, 0.3) is 0 Å². The lowest BCUT2D eigenvalue weighted by Crippen LogP contribution is -2.49. The Labute approximate surface area is 98.8 Å². The Hall–Kier alpha value is -0.380. The van der Waals surface area contributed by atoms with Crippen LogP contribution in [0.5, 0.6) is 0 Å². The molecular weight excluding hydrogens is 202 g/mol. The zero-order chi connectivity index (χ0) is 12.0. The first kappa shape index (κ1) is 13.7. The molecule has 16 heavy (non-hydrogen) atoms. The molecule has 0 saturated carbocycles. The van der Waals surface area contributed by atoms with Gasteiger partial charge in [0.1, 0.15) is 0 Å². The van der Waals surface area contributed by atoms with Crippen molar-refractivity contribution in [3.63, 3.8) is 0 Å². The Morgan fingerprint density at radius 2 is 2.31 bits per heavy atom. The predicted molar refractivity (Wildman–Crippen MR) is 66.3 cm³/mol. The van der Waals surface area contributed by atoms with Gasteiger partial charge < -0.3 is 10.2 Å². The van der Waals surface area contributed by atoms with Gasteiger partial charge in [-0.15, -0.1) is 6.58 Å². The number of aliphatic hydroxyl groups excluding tert-OH is 2. The van der Waals surface area contributed by atoms with Crippen molar-refractivity contribution in [1.82, 2.24) is 4.90 Å². The molecule has 0 bridgehead atoms. The van der Waals surface area contributed by atoms with E-state index in [4.69, 9.17) is 0 Å². The maximum atomic E-state index is 9.86. The Balaban J connectivity index is 2.40. The Kier molecular flexibility index (Phi) is 6.03. The fraction of sp³-hybridized carbons (Fsp3) is 0.846. The summed E-state index contributed by atoms with van der Waals surface area (Å²) in [6.07, 6.45) is 5.53. The number of nitrogens with zero attached hydrogens (tertiary/aromatic N) is 1. The molecular formula is C13H25NO2. The normalized spacial score (nSPS) is 28.9. The van der Waals surface area contributed by atoms with Gasteiger partial charge in [-0.25, -0.2) is 0 Å². The molecule has 3 heteroatoms. The highest BCUT2D eigenvalue weighted by Gasteiger charge is 2.28. The molecule has 3 unspecified atom stereocenters. The molecule has 0 aromatic heterocycles. The van der Waals surface area contributed by atoms with Crippen LogP contribution in [0.3, 0.4) is 0 Å². The third-order valence-electron chi connectivity index (χ3n) is 3.57. The first-order chi connectivity index (χ1) is 7.69. The largest absolute Gasteiger partial charge is 0.395 e. The van der Waals surface area contributed by atoms with Crippen molar-refractivity contribution in [3.05, 3.63) is 12.7 Å². The van der Waals surface area contributed by atoms with Crippen molar-refractivity contribution >= 4 is 0 Å². The highest BCUT2D eigenvalue weighted by molar-refractivity contribution is 4.83. The molecule has 0 aliphatic carbocycles. The zero-order valence-corrected chi connectivity index (χ0v) is 10.3. The number of piperidine rings is 1. The van der Waals surface area contributed by atoms with Crippen molar-refractivity contribution < 1.29 is 10.2 Å². The van der Waals surface area contributed by atoms with E-state index in [1.165, 1.54) is 12.8 Å². The van der Waals surface area contributed by atoms with Gasteiger partial charge in [0.15, 0.2) is 0 Å². The molecule has 1 fully saturated rings. The molecule has 0 aromatic carbocycles. The van der Waals surface area contributed by atoms with Crippen molar-refractivity contribution in [2.75, 3.05) is 19.7 Å².